The molecule has 0 saturated carbocycles. The summed E-state index contributed by atoms with van der Waals surface area (Å²) >= 11 is 5.96. The quantitative estimate of drug-likeness (QED) is 0.710. The first kappa shape index (κ1) is 18.7. The molecule has 1 amide bonds. The Labute approximate surface area is 167 Å². The third-order valence-corrected chi connectivity index (χ3v) is 4.99. The largest absolute Gasteiger partial charge is 0.370 e. The highest BCUT2D eigenvalue weighted by Gasteiger charge is 2.25. The van der Waals surface area contributed by atoms with Crippen molar-refractivity contribution in [3.63, 3.8) is 0 Å². The van der Waals surface area contributed by atoms with Crippen molar-refractivity contribution in [2.75, 3.05) is 13.2 Å². The van der Waals surface area contributed by atoms with E-state index >= 15 is 0 Å². The zero-order valence-electron chi connectivity index (χ0n) is 15.1. The zero-order valence-corrected chi connectivity index (χ0v) is 15.8. The summed E-state index contributed by atoms with van der Waals surface area (Å²) in [5.74, 6) is -0.852. The average molecular weight is 400 g/mol. The minimum absolute atomic E-state index is 0.0786. The number of carbonyl (C=O) groups is 1. The first-order valence-electron chi connectivity index (χ1n) is 9.05. The molecule has 144 valence electrons. The molecular weight excluding hydrogens is 381 g/mol. The molecule has 5 nitrogen and oxygen atoms in total. The minimum Gasteiger partial charge on any atom is -0.370 e. The maximum absolute atomic E-state index is 13.2. The third-order valence-electron chi connectivity index (χ3n) is 4.68. The Balaban J connectivity index is 1.45. The first-order chi connectivity index (χ1) is 13.6. The molecule has 0 aliphatic carbocycles. The van der Waals surface area contributed by atoms with E-state index in [-0.39, 0.29) is 29.1 Å². The number of carbonyl (C=O) groups excluding carboxylic acids is 1. The number of fused-ring (bicyclic) bond motifs is 1. The molecule has 28 heavy (non-hydrogen) atoms. The number of nitrogens with one attached hydrogen (secondary N) is 1. The van der Waals surface area contributed by atoms with E-state index in [0.717, 1.165) is 23.7 Å². The summed E-state index contributed by atoms with van der Waals surface area (Å²) in [6.45, 7) is 1.52. The molecule has 2 heterocycles. The number of aromatic nitrogens is 2. The maximum Gasteiger partial charge on any atom is 0.252 e. The first-order valence-corrected chi connectivity index (χ1v) is 9.43. The number of hydrogen-bond donors (Lipinski definition) is 1. The number of amides is 1. The molecule has 4 rings (SSSR count). The fourth-order valence-electron chi connectivity index (χ4n) is 3.29. The molecule has 2 aromatic carbocycles. The highest BCUT2D eigenvalue weighted by molar-refractivity contribution is 6.33. The monoisotopic (exact) mass is 399 g/mol. The second-order valence-electron chi connectivity index (χ2n) is 6.67. The van der Waals surface area contributed by atoms with Crippen LogP contribution in [0.2, 0.25) is 5.02 Å². The van der Waals surface area contributed by atoms with E-state index in [2.05, 4.69) is 22.5 Å². The van der Waals surface area contributed by atoms with Crippen LogP contribution in [-0.2, 0) is 17.7 Å². The fraction of sp³-hybridized carbons (Fsp3) is 0.238. The van der Waals surface area contributed by atoms with Crippen LogP contribution in [0.4, 0.5) is 4.39 Å². The number of halogens is 2. The Morgan fingerprint density at radius 3 is 2.89 bits per heavy atom. The smallest absolute Gasteiger partial charge is 0.252 e. The van der Waals surface area contributed by atoms with E-state index < -0.39 is 5.82 Å². The van der Waals surface area contributed by atoms with Gasteiger partial charge in [-0.05, 0) is 35.7 Å². The molecule has 7 heteroatoms. The Morgan fingerprint density at radius 1 is 1.29 bits per heavy atom. The summed E-state index contributed by atoms with van der Waals surface area (Å²) in [4.78, 5) is 12.4. The van der Waals surface area contributed by atoms with Gasteiger partial charge in [0.05, 0.1) is 29.4 Å². The Hall–Kier alpha value is -2.70. The Kier molecular flexibility index (Phi) is 5.41. The molecule has 0 fully saturated rings. The van der Waals surface area contributed by atoms with Crippen LogP contribution in [0, 0.1) is 5.82 Å². The molecule has 1 atom stereocenters. The fourth-order valence-corrected chi connectivity index (χ4v) is 3.55. The standard InChI is InChI=1S/C21H19ClFN3O2/c22-18-10-16(23)6-7-17(18)21(27)24-11-19-20-15(8-9-28-19)13-26(25-20)12-14-4-2-1-3-5-14/h1-7,10,13,19H,8-9,11-12H2,(H,24,27). The van der Waals surface area contributed by atoms with E-state index in [0.29, 0.717) is 13.2 Å². The molecule has 1 aromatic heterocycles. The van der Waals surface area contributed by atoms with E-state index in [9.17, 15) is 9.18 Å². The second kappa shape index (κ2) is 8.12. The molecule has 0 bridgehead atoms. The van der Waals surface area contributed by atoms with Crippen molar-refractivity contribution in [3.8, 4) is 0 Å². The van der Waals surface area contributed by atoms with Gasteiger partial charge in [-0.25, -0.2) is 4.39 Å². The topological polar surface area (TPSA) is 56.1 Å². The molecular formula is C21H19ClFN3O2. The summed E-state index contributed by atoms with van der Waals surface area (Å²) in [7, 11) is 0. The van der Waals surface area contributed by atoms with Crippen LogP contribution < -0.4 is 5.32 Å². The van der Waals surface area contributed by atoms with Crippen LogP contribution in [0.1, 0.15) is 33.3 Å². The van der Waals surface area contributed by atoms with Crippen LogP contribution in [0.5, 0.6) is 0 Å². The molecule has 1 aliphatic heterocycles. The summed E-state index contributed by atoms with van der Waals surface area (Å²) < 4.78 is 20.9. The molecule has 0 radical (unpaired) electrons. The summed E-state index contributed by atoms with van der Waals surface area (Å²) in [5, 5.41) is 7.56. The number of ether oxygens (including phenoxy) is 1. The minimum atomic E-state index is -0.481. The van der Waals surface area contributed by atoms with Crippen LogP contribution in [0.25, 0.3) is 0 Å². The molecule has 0 spiro atoms. The lowest BCUT2D eigenvalue weighted by Gasteiger charge is -2.22. The number of rotatable bonds is 5. The number of benzene rings is 2. The molecule has 1 unspecified atom stereocenters. The van der Waals surface area contributed by atoms with E-state index in [1.54, 1.807) is 0 Å². The maximum atomic E-state index is 13.2. The lowest BCUT2D eigenvalue weighted by atomic mass is 10.1. The third kappa shape index (κ3) is 4.08. The SMILES string of the molecule is O=C(NCC1OCCc2cn(Cc3ccccc3)nc21)c1ccc(F)cc1Cl. The van der Waals surface area contributed by atoms with Crippen LogP contribution in [0.3, 0.4) is 0 Å². The Bertz CT molecular complexity index is 991. The zero-order chi connectivity index (χ0) is 19.5. The van der Waals surface area contributed by atoms with Gasteiger partial charge in [0.2, 0.25) is 0 Å². The van der Waals surface area contributed by atoms with Crippen molar-refractivity contribution in [1.82, 2.24) is 15.1 Å². The van der Waals surface area contributed by atoms with Gasteiger partial charge in [-0.2, -0.15) is 5.10 Å². The molecule has 0 saturated heterocycles. The van der Waals surface area contributed by atoms with Gasteiger partial charge in [0.15, 0.2) is 0 Å². The van der Waals surface area contributed by atoms with Gasteiger partial charge in [-0.3, -0.25) is 9.48 Å². The van der Waals surface area contributed by atoms with Gasteiger partial charge >= 0.3 is 0 Å². The van der Waals surface area contributed by atoms with Crippen molar-refractivity contribution < 1.29 is 13.9 Å². The van der Waals surface area contributed by atoms with Crippen molar-refractivity contribution in [2.24, 2.45) is 0 Å². The van der Waals surface area contributed by atoms with Gasteiger partial charge in [0.25, 0.3) is 5.91 Å². The summed E-state index contributed by atoms with van der Waals surface area (Å²) in [6, 6.07) is 13.8. The van der Waals surface area contributed by atoms with Gasteiger partial charge in [-0.1, -0.05) is 41.9 Å². The van der Waals surface area contributed by atoms with E-state index in [1.165, 1.54) is 17.7 Å². The van der Waals surface area contributed by atoms with Crippen LogP contribution >= 0.6 is 11.6 Å². The van der Waals surface area contributed by atoms with Gasteiger partial charge in [0.1, 0.15) is 11.9 Å². The lowest BCUT2D eigenvalue weighted by molar-refractivity contribution is 0.0383. The van der Waals surface area contributed by atoms with Crippen molar-refractivity contribution in [1.29, 1.82) is 0 Å². The normalized spacial score (nSPS) is 15.9. The average Bonchev–Trinajstić information content (AvgIpc) is 3.10. The van der Waals surface area contributed by atoms with Crippen LogP contribution in [-0.4, -0.2) is 28.8 Å². The van der Waals surface area contributed by atoms with E-state index in [4.69, 9.17) is 16.3 Å². The predicted octanol–water partition coefficient (Wildman–Crippen LogP) is 3.77. The lowest BCUT2D eigenvalue weighted by Crippen LogP contribution is -2.32. The Morgan fingerprint density at radius 2 is 2.11 bits per heavy atom. The van der Waals surface area contributed by atoms with Gasteiger partial charge in [-0.15, -0.1) is 0 Å². The second-order valence-corrected chi connectivity index (χ2v) is 7.07. The molecule has 3 aromatic rings. The van der Waals surface area contributed by atoms with Crippen LogP contribution in [0.15, 0.2) is 54.7 Å². The number of nitrogens with zero attached hydrogens (tertiary/aromatic N) is 2. The van der Waals surface area contributed by atoms with Crippen molar-refractivity contribution in [2.45, 2.75) is 19.1 Å². The van der Waals surface area contributed by atoms with Gasteiger partial charge in [0, 0.05) is 12.7 Å². The van der Waals surface area contributed by atoms with Gasteiger partial charge < -0.3 is 10.1 Å². The predicted molar refractivity (Wildman–Crippen MR) is 104 cm³/mol. The van der Waals surface area contributed by atoms with E-state index in [1.807, 2.05) is 29.1 Å². The molecule has 1 aliphatic rings. The summed E-state index contributed by atoms with van der Waals surface area (Å²) in [6.07, 6.45) is 2.50. The molecule has 1 N–H and O–H groups in total. The highest BCUT2D eigenvalue weighted by atomic mass is 35.5. The highest BCUT2D eigenvalue weighted by Crippen LogP contribution is 2.26. The van der Waals surface area contributed by atoms with Crippen molar-refractivity contribution in [3.05, 3.63) is 88.0 Å². The van der Waals surface area contributed by atoms with Crippen molar-refractivity contribution >= 4 is 17.5 Å². The summed E-state index contributed by atoms with van der Waals surface area (Å²) in [5.41, 5.74) is 3.36. The number of hydrogen-bond acceptors (Lipinski definition) is 3.